The van der Waals surface area contributed by atoms with Crippen LogP contribution in [-0.2, 0) is 4.79 Å². The molecule has 0 aliphatic heterocycles. The first kappa shape index (κ1) is 13.5. The van der Waals surface area contributed by atoms with Crippen LogP contribution in [0.1, 0.15) is 40.0 Å². The third-order valence-corrected chi connectivity index (χ3v) is 3.87. The van der Waals surface area contributed by atoms with Gasteiger partial charge in [0.2, 0.25) is 5.91 Å². The number of amides is 1. The number of hydrogen-bond acceptors (Lipinski definition) is 2. The molecule has 1 amide bonds. The summed E-state index contributed by atoms with van der Waals surface area (Å²) < 4.78 is 0. The minimum atomic E-state index is 0.202. The van der Waals surface area contributed by atoms with Gasteiger partial charge in [0.1, 0.15) is 0 Å². The summed E-state index contributed by atoms with van der Waals surface area (Å²) in [5.74, 6) is 1.71. The number of carbonyl (C=O) groups is 1. The summed E-state index contributed by atoms with van der Waals surface area (Å²) in [4.78, 5) is 13.4. The molecule has 0 radical (unpaired) electrons. The van der Waals surface area contributed by atoms with Crippen molar-refractivity contribution < 1.29 is 4.79 Å². The third kappa shape index (κ3) is 3.78. The molecule has 1 aliphatic rings. The average molecular weight is 226 g/mol. The number of hydrogen-bond donors (Lipinski definition) is 1. The fourth-order valence-electron chi connectivity index (χ4n) is 2.35. The van der Waals surface area contributed by atoms with Gasteiger partial charge in [-0.2, -0.15) is 0 Å². The number of likely N-dealkylation sites (N-methyl/N-ethyl adjacent to an activating group) is 1. The van der Waals surface area contributed by atoms with E-state index in [9.17, 15) is 4.79 Å². The van der Waals surface area contributed by atoms with E-state index in [1.807, 2.05) is 14.0 Å². The molecule has 3 nitrogen and oxygen atoms in total. The van der Waals surface area contributed by atoms with Gasteiger partial charge in [-0.05, 0) is 31.6 Å². The van der Waals surface area contributed by atoms with Gasteiger partial charge in [0.05, 0.1) is 6.54 Å². The highest BCUT2D eigenvalue weighted by Crippen LogP contribution is 2.28. The molecule has 16 heavy (non-hydrogen) atoms. The Labute approximate surface area is 99.6 Å². The van der Waals surface area contributed by atoms with Crippen molar-refractivity contribution in [1.29, 1.82) is 0 Å². The van der Waals surface area contributed by atoms with E-state index in [2.05, 4.69) is 19.2 Å². The van der Waals surface area contributed by atoms with Crippen molar-refractivity contribution in [2.45, 2.75) is 46.1 Å². The monoisotopic (exact) mass is 226 g/mol. The Kier molecular flexibility index (Phi) is 5.26. The lowest BCUT2D eigenvalue weighted by Crippen LogP contribution is -2.44. The zero-order chi connectivity index (χ0) is 12.1. The van der Waals surface area contributed by atoms with Gasteiger partial charge in [-0.1, -0.05) is 20.3 Å². The van der Waals surface area contributed by atoms with Gasteiger partial charge in [0.15, 0.2) is 0 Å². The Morgan fingerprint density at radius 1 is 1.38 bits per heavy atom. The highest BCUT2D eigenvalue weighted by atomic mass is 16.2. The average Bonchev–Trinajstić information content (AvgIpc) is 2.28. The van der Waals surface area contributed by atoms with Crippen LogP contribution < -0.4 is 5.32 Å². The van der Waals surface area contributed by atoms with Gasteiger partial charge < -0.3 is 10.2 Å². The summed E-state index contributed by atoms with van der Waals surface area (Å²) in [6.07, 6.45) is 3.84. The van der Waals surface area contributed by atoms with E-state index in [1.54, 1.807) is 4.90 Å². The first-order valence-electron chi connectivity index (χ1n) is 6.52. The van der Waals surface area contributed by atoms with Crippen LogP contribution in [0.4, 0.5) is 0 Å². The Morgan fingerprint density at radius 2 is 2.06 bits per heavy atom. The molecule has 1 N–H and O–H groups in total. The molecular formula is C13H26N2O. The molecular weight excluding hydrogens is 200 g/mol. The molecule has 0 saturated heterocycles. The summed E-state index contributed by atoms with van der Waals surface area (Å²) in [6, 6.07) is 0.526. The summed E-state index contributed by atoms with van der Waals surface area (Å²) in [5, 5.41) is 3.43. The van der Waals surface area contributed by atoms with E-state index in [1.165, 1.54) is 19.3 Å². The summed E-state index contributed by atoms with van der Waals surface area (Å²) >= 11 is 0. The lowest BCUT2D eigenvalue weighted by atomic mass is 9.80. The second-order valence-corrected chi connectivity index (χ2v) is 5.29. The van der Waals surface area contributed by atoms with Gasteiger partial charge in [0.25, 0.3) is 0 Å². The second-order valence-electron chi connectivity index (χ2n) is 5.29. The molecule has 0 aromatic rings. The van der Waals surface area contributed by atoms with E-state index in [-0.39, 0.29) is 5.91 Å². The van der Waals surface area contributed by atoms with Crippen molar-refractivity contribution in [2.24, 2.45) is 11.8 Å². The number of carbonyl (C=O) groups excluding carboxylic acids is 1. The molecule has 1 rings (SSSR count). The third-order valence-electron chi connectivity index (χ3n) is 3.87. The van der Waals surface area contributed by atoms with Gasteiger partial charge >= 0.3 is 0 Å². The van der Waals surface area contributed by atoms with Crippen LogP contribution >= 0.6 is 0 Å². The molecule has 94 valence electrons. The zero-order valence-corrected chi connectivity index (χ0v) is 11.1. The Hall–Kier alpha value is -0.570. The predicted molar refractivity (Wildman–Crippen MR) is 67.3 cm³/mol. The fraction of sp³-hybridized carbons (Fsp3) is 0.923. The first-order chi connectivity index (χ1) is 7.54. The number of nitrogens with zero attached hydrogens (tertiary/aromatic N) is 1. The van der Waals surface area contributed by atoms with Crippen LogP contribution in [0.15, 0.2) is 0 Å². The highest BCUT2D eigenvalue weighted by Gasteiger charge is 2.25. The summed E-state index contributed by atoms with van der Waals surface area (Å²) in [6.45, 7) is 7.88. The van der Waals surface area contributed by atoms with Crippen molar-refractivity contribution in [1.82, 2.24) is 10.2 Å². The van der Waals surface area contributed by atoms with E-state index >= 15 is 0 Å². The Morgan fingerprint density at radius 3 is 2.69 bits per heavy atom. The molecule has 1 saturated carbocycles. The molecule has 1 fully saturated rings. The molecule has 0 spiro atoms. The second kappa shape index (κ2) is 6.24. The fourth-order valence-corrected chi connectivity index (χ4v) is 2.35. The van der Waals surface area contributed by atoms with E-state index in [0.29, 0.717) is 18.5 Å². The van der Waals surface area contributed by atoms with E-state index in [0.717, 1.165) is 12.5 Å². The van der Waals surface area contributed by atoms with Crippen LogP contribution in [0.5, 0.6) is 0 Å². The molecule has 0 aromatic heterocycles. The predicted octanol–water partition coefficient (Wildman–Crippen LogP) is 1.88. The van der Waals surface area contributed by atoms with Crippen LogP contribution in [0.3, 0.4) is 0 Å². The van der Waals surface area contributed by atoms with Gasteiger partial charge in [-0.25, -0.2) is 0 Å². The molecule has 3 heteroatoms. The van der Waals surface area contributed by atoms with Crippen molar-refractivity contribution in [3.8, 4) is 0 Å². The van der Waals surface area contributed by atoms with E-state index < -0.39 is 0 Å². The molecule has 3 atom stereocenters. The SMILES string of the molecule is CCN(C)C(=O)CNC1CC(C)CCC1C. The zero-order valence-electron chi connectivity index (χ0n) is 11.1. The molecule has 3 unspecified atom stereocenters. The van der Waals surface area contributed by atoms with Crippen molar-refractivity contribution in [3.05, 3.63) is 0 Å². The highest BCUT2D eigenvalue weighted by molar-refractivity contribution is 5.77. The van der Waals surface area contributed by atoms with Gasteiger partial charge in [-0.3, -0.25) is 4.79 Å². The first-order valence-corrected chi connectivity index (χ1v) is 6.52. The topological polar surface area (TPSA) is 32.3 Å². The van der Waals surface area contributed by atoms with Crippen molar-refractivity contribution >= 4 is 5.91 Å². The minimum absolute atomic E-state index is 0.202. The van der Waals surface area contributed by atoms with Crippen molar-refractivity contribution in [3.63, 3.8) is 0 Å². The summed E-state index contributed by atoms with van der Waals surface area (Å²) in [5.41, 5.74) is 0. The maximum absolute atomic E-state index is 11.7. The molecule has 1 aliphatic carbocycles. The largest absolute Gasteiger partial charge is 0.345 e. The van der Waals surface area contributed by atoms with Gasteiger partial charge in [-0.15, -0.1) is 0 Å². The molecule has 0 heterocycles. The minimum Gasteiger partial charge on any atom is -0.345 e. The molecule has 0 aromatic carbocycles. The Balaban J connectivity index is 2.33. The lowest BCUT2D eigenvalue weighted by molar-refractivity contribution is -0.129. The van der Waals surface area contributed by atoms with Crippen LogP contribution in [0.25, 0.3) is 0 Å². The van der Waals surface area contributed by atoms with Crippen LogP contribution in [0, 0.1) is 11.8 Å². The van der Waals surface area contributed by atoms with Crippen LogP contribution in [-0.4, -0.2) is 37.0 Å². The number of nitrogens with one attached hydrogen (secondary N) is 1. The smallest absolute Gasteiger partial charge is 0.236 e. The van der Waals surface area contributed by atoms with Gasteiger partial charge in [0, 0.05) is 19.6 Å². The standard InChI is InChI=1S/C13H26N2O/c1-5-15(4)13(16)9-14-12-8-10(2)6-7-11(12)3/h10-12,14H,5-9H2,1-4H3. The maximum atomic E-state index is 11.7. The van der Waals surface area contributed by atoms with Crippen LogP contribution in [0.2, 0.25) is 0 Å². The molecule has 0 bridgehead atoms. The lowest BCUT2D eigenvalue weighted by Gasteiger charge is -2.33. The summed E-state index contributed by atoms with van der Waals surface area (Å²) in [7, 11) is 1.86. The number of rotatable bonds is 4. The maximum Gasteiger partial charge on any atom is 0.236 e. The van der Waals surface area contributed by atoms with E-state index in [4.69, 9.17) is 0 Å². The Bertz CT molecular complexity index is 230. The van der Waals surface area contributed by atoms with Crippen molar-refractivity contribution in [2.75, 3.05) is 20.1 Å². The quantitative estimate of drug-likeness (QED) is 0.794. The normalized spacial score (nSPS) is 30.1.